The van der Waals surface area contributed by atoms with Crippen LogP contribution in [0.5, 0.6) is 5.75 Å². The predicted molar refractivity (Wildman–Crippen MR) is 102 cm³/mol. The molecule has 27 heavy (non-hydrogen) atoms. The lowest BCUT2D eigenvalue weighted by molar-refractivity contribution is 0.0495. The van der Waals surface area contributed by atoms with Crippen LogP contribution < -0.4 is 10.1 Å². The van der Waals surface area contributed by atoms with Gasteiger partial charge in [0.15, 0.2) is 0 Å². The summed E-state index contributed by atoms with van der Waals surface area (Å²) in [6.07, 6.45) is 2.04. The molecule has 0 radical (unpaired) electrons. The van der Waals surface area contributed by atoms with Crippen LogP contribution in [0.4, 0.5) is 4.79 Å². The molecular formula is C21H26N2O4. The highest BCUT2D eigenvalue weighted by molar-refractivity contribution is 5.68. The molecule has 1 amide bonds. The number of amides is 1. The lowest BCUT2D eigenvalue weighted by Gasteiger charge is -2.23. The van der Waals surface area contributed by atoms with Gasteiger partial charge in [-0.1, -0.05) is 18.2 Å². The molecule has 6 nitrogen and oxygen atoms in total. The summed E-state index contributed by atoms with van der Waals surface area (Å²) in [6.45, 7) is 6.63. The zero-order valence-electron chi connectivity index (χ0n) is 16.0. The minimum Gasteiger partial charge on any atom is -0.487 e. The van der Waals surface area contributed by atoms with Gasteiger partial charge < -0.3 is 19.5 Å². The molecule has 1 saturated heterocycles. The highest BCUT2D eigenvalue weighted by Crippen LogP contribution is 2.21. The maximum Gasteiger partial charge on any atom is 0.407 e. The van der Waals surface area contributed by atoms with Crippen molar-refractivity contribution in [1.29, 1.82) is 0 Å². The molecule has 1 fully saturated rings. The second-order valence-electron chi connectivity index (χ2n) is 7.58. The number of alkyl carbamates (subject to hydrolysis) is 1. The minimum atomic E-state index is -0.522. The number of rotatable bonds is 7. The molecule has 2 heterocycles. The van der Waals surface area contributed by atoms with Crippen molar-refractivity contribution in [3.8, 4) is 5.75 Å². The third-order valence-electron chi connectivity index (χ3n) is 4.00. The number of carbonyl (C=O) groups excluding carboxylic acids is 1. The average molecular weight is 370 g/mol. The van der Waals surface area contributed by atoms with Gasteiger partial charge in [0.25, 0.3) is 0 Å². The SMILES string of the molecule is CC(C)(C)OC(=O)NC(Cc1ccc(OCc2ccccn2)cc1)C1CO1. The number of hydrogen-bond donors (Lipinski definition) is 1. The number of nitrogens with one attached hydrogen (secondary N) is 1. The third kappa shape index (κ3) is 6.57. The second-order valence-corrected chi connectivity index (χ2v) is 7.58. The van der Waals surface area contributed by atoms with E-state index in [2.05, 4.69) is 10.3 Å². The Bertz CT molecular complexity index is 737. The Morgan fingerprint density at radius 2 is 2.00 bits per heavy atom. The van der Waals surface area contributed by atoms with Crippen molar-refractivity contribution < 1.29 is 19.0 Å². The molecule has 0 saturated carbocycles. The van der Waals surface area contributed by atoms with Crippen LogP contribution in [0.3, 0.4) is 0 Å². The Morgan fingerprint density at radius 1 is 1.26 bits per heavy atom. The summed E-state index contributed by atoms with van der Waals surface area (Å²) < 4.78 is 16.5. The number of ether oxygens (including phenoxy) is 3. The van der Waals surface area contributed by atoms with Crippen LogP contribution in [-0.2, 0) is 22.5 Å². The molecule has 6 heteroatoms. The van der Waals surface area contributed by atoms with Crippen LogP contribution in [-0.4, -0.2) is 35.4 Å². The smallest absolute Gasteiger partial charge is 0.407 e. The van der Waals surface area contributed by atoms with Crippen LogP contribution in [0.2, 0.25) is 0 Å². The minimum absolute atomic E-state index is 0.0394. The van der Waals surface area contributed by atoms with E-state index in [1.807, 2.05) is 63.2 Å². The molecule has 2 atom stereocenters. The summed E-state index contributed by atoms with van der Waals surface area (Å²) in [5.41, 5.74) is 1.46. The fourth-order valence-electron chi connectivity index (χ4n) is 2.64. The Labute approximate surface area is 159 Å². The first-order valence-corrected chi connectivity index (χ1v) is 9.12. The van der Waals surface area contributed by atoms with Crippen molar-refractivity contribution in [3.63, 3.8) is 0 Å². The molecule has 144 valence electrons. The summed E-state index contributed by atoms with van der Waals surface area (Å²) in [6, 6.07) is 13.5. The van der Waals surface area contributed by atoms with Gasteiger partial charge in [-0.15, -0.1) is 0 Å². The zero-order valence-corrected chi connectivity index (χ0v) is 16.0. The van der Waals surface area contributed by atoms with Gasteiger partial charge in [-0.3, -0.25) is 4.98 Å². The fourth-order valence-corrected chi connectivity index (χ4v) is 2.64. The Kier molecular flexibility index (Phi) is 5.96. The molecule has 0 spiro atoms. The maximum absolute atomic E-state index is 12.1. The van der Waals surface area contributed by atoms with Gasteiger partial charge >= 0.3 is 6.09 Å². The molecular weight excluding hydrogens is 344 g/mol. The van der Waals surface area contributed by atoms with Crippen molar-refractivity contribution in [2.45, 2.75) is 51.5 Å². The molecule has 1 aliphatic heterocycles. The van der Waals surface area contributed by atoms with E-state index in [9.17, 15) is 4.79 Å². The predicted octanol–water partition coefficient (Wildman–Crippen LogP) is 3.50. The maximum atomic E-state index is 12.1. The molecule has 1 aliphatic rings. The first kappa shape index (κ1) is 19.2. The summed E-state index contributed by atoms with van der Waals surface area (Å²) in [5, 5.41) is 2.92. The standard InChI is InChI=1S/C21H26N2O4/c1-21(2,3)27-20(24)23-18(19-14-26-19)12-15-7-9-17(10-8-15)25-13-16-6-4-5-11-22-16/h4-11,18-19H,12-14H2,1-3H3,(H,23,24). The summed E-state index contributed by atoms with van der Waals surface area (Å²) >= 11 is 0. The van der Waals surface area contributed by atoms with E-state index in [0.29, 0.717) is 19.6 Å². The van der Waals surface area contributed by atoms with Crippen LogP contribution in [0.1, 0.15) is 32.0 Å². The first-order chi connectivity index (χ1) is 12.9. The number of benzene rings is 1. The molecule has 3 rings (SSSR count). The van der Waals surface area contributed by atoms with E-state index in [1.165, 1.54) is 0 Å². The lowest BCUT2D eigenvalue weighted by Crippen LogP contribution is -2.43. The molecule has 1 N–H and O–H groups in total. The van der Waals surface area contributed by atoms with E-state index < -0.39 is 11.7 Å². The summed E-state index contributed by atoms with van der Waals surface area (Å²) in [7, 11) is 0. The van der Waals surface area contributed by atoms with E-state index in [1.54, 1.807) is 6.20 Å². The highest BCUT2D eigenvalue weighted by atomic mass is 16.6. The average Bonchev–Trinajstić information content (AvgIpc) is 3.45. The van der Waals surface area contributed by atoms with Crippen molar-refractivity contribution in [2.75, 3.05) is 6.61 Å². The van der Waals surface area contributed by atoms with Crippen molar-refractivity contribution in [1.82, 2.24) is 10.3 Å². The number of aromatic nitrogens is 1. The van der Waals surface area contributed by atoms with Gasteiger partial charge in [-0.2, -0.15) is 0 Å². The van der Waals surface area contributed by atoms with Gasteiger partial charge in [0.1, 0.15) is 24.1 Å². The number of carbonyl (C=O) groups is 1. The van der Waals surface area contributed by atoms with Crippen LogP contribution >= 0.6 is 0 Å². The zero-order chi connectivity index (χ0) is 19.3. The first-order valence-electron chi connectivity index (χ1n) is 9.12. The second kappa shape index (κ2) is 8.39. The van der Waals surface area contributed by atoms with E-state index in [4.69, 9.17) is 14.2 Å². The van der Waals surface area contributed by atoms with Crippen molar-refractivity contribution >= 4 is 6.09 Å². The highest BCUT2D eigenvalue weighted by Gasteiger charge is 2.34. The van der Waals surface area contributed by atoms with E-state index >= 15 is 0 Å². The normalized spacial score (nSPS) is 17.1. The molecule has 1 aromatic heterocycles. The topological polar surface area (TPSA) is 73.0 Å². The molecule has 2 unspecified atom stereocenters. The van der Waals surface area contributed by atoms with Gasteiger partial charge in [0, 0.05) is 6.20 Å². The molecule has 0 bridgehead atoms. The molecule has 2 aromatic rings. The third-order valence-corrected chi connectivity index (χ3v) is 4.00. The Hall–Kier alpha value is -2.60. The number of pyridine rings is 1. The van der Waals surface area contributed by atoms with Crippen LogP contribution in [0.25, 0.3) is 0 Å². The molecule has 1 aromatic carbocycles. The van der Waals surface area contributed by atoms with Crippen molar-refractivity contribution in [3.05, 3.63) is 59.9 Å². The summed E-state index contributed by atoms with van der Waals surface area (Å²) in [4.78, 5) is 16.3. The number of nitrogens with zero attached hydrogens (tertiary/aromatic N) is 1. The number of epoxide rings is 1. The van der Waals surface area contributed by atoms with E-state index in [-0.39, 0.29) is 12.1 Å². The fraction of sp³-hybridized carbons (Fsp3) is 0.429. The summed E-state index contributed by atoms with van der Waals surface area (Å²) in [5.74, 6) is 0.781. The number of hydrogen-bond acceptors (Lipinski definition) is 5. The van der Waals surface area contributed by atoms with Gasteiger partial charge in [0.2, 0.25) is 0 Å². The van der Waals surface area contributed by atoms with Crippen LogP contribution in [0, 0.1) is 0 Å². The Morgan fingerprint density at radius 3 is 2.59 bits per heavy atom. The molecule has 0 aliphatic carbocycles. The lowest BCUT2D eigenvalue weighted by atomic mass is 10.0. The van der Waals surface area contributed by atoms with E-state index in [0.717, 1.165) is 17.0 Å². The monoisotopic (exact) mass is 370 g/mol. The largest absolute Gasteiger partial charge is 0.487 e. The van der Waals surface area contributed by atoms with Gasteiger partial charge in [-0.25, -0.2) is 4.79 Å². The van der Waals surface area contributed by atoms with Gasteiger partial charge in [0.05, 0.1) is 18.3 Å². The van der Waals surface area contributed by atoms with Crippen LogP contribution in [0.15, 0.2) is 48.7 Å². The van der Waals surface area contributed by atoms with Crippen molar-refractivity contribution in [2.24, 2.45) is 0 Å². The Balaban J connectivity index is 1.53. The van der Waals surface area contributed by atoms with Gasteiger partial charge in [-0.05, 0) is 57.0 Å². The quantitative estimate of drug-likeness (QED) is 0.755.